The number of aromatic nitrogens is 4. The summed E-state index contributed by atoms with van der Waals surface area (Å²) in [6.45, 7) is 2.03. The lowest BCUT2D eigenvalue weighted by Crippen LogP contribution is -1.97. The van der Waals surface area contributed by atoms with Gasteiger partial charge in [0.1, 0.15) is 0 Å². The summed E-state index contributed by atoms with van der Waals surface area (Å²) in [7, 11) is 0. The van der Waals surface area contributed by atoms with E-state index in [-0.39, 0.29) is 0 Å². The zero-order valence-corrected chi connectivity index (χ0v) is 16.9. The second-order valence-corrected chi connectivity index (χ2v) is 7.65. The van der Waals surface area contributed by atoms with Crippen LogP contribution < -0.4 is 10.6 Å². The van der Waals surface area contributed by atoms with Gasteiger partial charge >= 0.3 is 0 Å². The third kappa shape index (κ3) is 3.60. The van der Waals surface area contributed by atoms with Crippen molar-refractivity contribution in [1.29, 1.82) is 0 Å². The molecular formula is C21H16Cl2N6. The first-order valence-electron chi connectivity index (χ1n) is 8.99. The van der Waals surface area contributed by atoms with Crippen LogP contribution in [0.2, 0.25) is 10.0 Å². The molecule has 144 valence electrons. The number of halogens is 2. The van der Waals surface area contributed by atoms with Crippen LogP contribution in [0, 0.1) is 6.92 Å². The van der Waals surface area contributed by atoms with Crippen LogP contribution in [0.15, 0.2) is 54.6 Å². The van der Waals surface area contributed by atoms with Crippen LogP contribution in [-0.4, -0.2) is 19.9 Å². The number of benzene rings is 3. The van der Waals surface area contributed by atoms with Crippen molar-refractivity contribution in [1.82, 2.24) is 19.9 Å². The van der Waals surface area contributed by atoms with Crippen LogP contribution in [0.25, 0.3) is 22.1 Å². The van der Waals surface area contributed by atoms with Gasteiger partial charge in [-0.1, -0.05) is 23.2 Å². The summed E-state index contributed by atoms with van der Waals surface area (Å²) in [5.41, 5.74) is 6.44. The molecular weight excluding hydrogens is 407 g/mol. The summed E-state index contributed by atoms with van der Waals surface area (Å²) in [5, 5.41) is 7.97. The molecule has 4 N–H and O–H groups in total. The standard InChI is InChI=1S/C21H16Cl2N6/c1-11-8-14(24-20-26-16-5-2-12(22)9-18(16)28-20)4-7-15(11)25-21-27-17-6-3-13(23)10-19(17)29-21/h2-10H,1H3,(H2,24,26,28)(H2,25,27,29). The number of nitrogens with zero attached hydrogens (tertiary/aromatic N) is 2. The summed E-state index contributed by atoms with van der Waals surface area (Å²) in [5.74, 6) is 1.33. The van der Waals surface area contributed by atoms with E-state index in [1.165, 1.54) is 0 Å². The molecule has 8 heteroatoms. The van der Waals surface area contributed by atoms with Crippen molar-refractivity contribution in [2.24, 2.45) is 0 Å². The molecule has 0 saturated carbocycles. The highest BCUT2D eigenvalue weighted by Gasteiger charge is 2.08. The molecule has 0 aliphatic rings. The summed E-state index contributed by atoms with van der Waals surface area (Å²) in [4.78, 5) is 15.5. The molecule has 0 spiro atoms. The van der Waals surface area contributed by atoms with Crippen molar-refractivity contribution in [3.63, 3.8) is 0 Å². The molecule has 0 atom stereocenters. The van der Waals surface area contributed by atoms with Crippen molar-refractivity contribution in [3.8, 4) is 0 Å². The van der Waals surface area contributed by atoms with Gasteiger partial charge in [0.15, 0.2) is 0 Å². The van der Waals surface area contributed by atoms with Gasteiger partial charge in [0.25, 0.3) is 0 Å². The number of hydrogen-bond donors (Lipinski definition) is 4. The van der Waals surface area contributed by atoms with Crippen LogP contribution in [0.5, 0.6) is 0 Å². The quantitative estimate of drug-likeness (QED) is 0.265. The summed E-state index contributed by atoms with van der Waals surface area (Å²) < 4.78 is 0. The van der Waals surface area contributed by atoms with Gasteiger partial charge in [-0.3, -0.25) is 0 Å². The zero-order chi connectivity index (χ0) is 20.0. The Hall–Kier alpha value is -3.22. The fourth-order valence-corrected chi connectivity index (χ4v) is 3.57. The largest absolute Gasteiger partial charge is 0.326 e. The lowest BCUT2D eigenvalue weighted by Gasteiger charge is -2.10. The van der Waals surface area contributed by atoms with Crippen LogP contribution in [-0.2, 0) is 0 Å². The Labute approximate surface area is 176 Å². The number of fused-ring (bicyclic) bond motifs is 2. The summed E-state index contributed by atoms with van der Waals surface area (Å²) in [6, 6.07) is 17.2. The molecule has 0 unspecified atom stereocenters. The highest BCUT2D eigenvalue weighted by molar-refractivity contribution is 6.31. The second-order valence-electron chi connectivity index (χ2n) is 6.77. The maximum Gasteiger partial charge on any atom is 0.205 e. The molecule has 0 amide bonds. The first-order chi connectivity index (χ1) is 14.0. The van der Waals surface area contributed by atoms with Crippen molar-refractivity contribution in [2.75, 3.05) is 10.6 Å². The van der Waals surface area contributed by atoms with Gasteiger partial charge in [0.2, 0.25) is 11.9 Å². The smallest absolute Gasteiger partial charge is 0.205 e. The molecule has 6 nitrogen and oxygen atoms in total. The van der Waals surface area contributed by atoms with Crippen molar-refractivity contribution in [2.45, 2.75) is 6.92 Å². The first-order valence-corrected chi connectivity index (χ1v) is 9.74. The maximum absolute atomic E-state index is 6.04. The number of H-pyrrole nitrogens is 2. The van der Waals surface area contributed by atoms with E-state index < -0.39 is 0 Å². The van der Waals surface area contributed by atoms with Gasteiger partial charge in [0.05, 0.1) is 22.1 Å². The number of anilines is 4. The van der Waals surface area contributed by atoms with Gasteiger partial charge in [-0.05, 0) is 67.1 Å². The predicted molar refractivity (Wildman–Crippen MR) is 120 cm³/mol. The number of aryl methyl sites for hydroxylation is 1. The third-order valence-electron chi connectivity index (χ3n) is 4.63. The molecule has 5 aromatic rings. The minimum atomic E-state index is 0.663. The van der Waals surface area contributed by atoms with Crippen LogP contribution >= 0.6 is 23.2 Å². The fraction of sp³-hybridized carbons (Fsp3) is 0.0476. The SMILES string of the molecule is Cc1cc(Nc2nc3ccc(Cl)cc3[nH]2)ccc1Nc1nc2ccc(Cl)cc2[nH]1. The van der Waals surface area contributed by atoms with Crippen molar-refractivity contribution in [3.05, 3.63) is 70.2 Å². The van der Waals surface area contributed by atoms with E-state index >= 15 is 0 Å². The highest BCUT2D eigenvalue weighted by atomic mass is 35.5. The third-order valence-corrected chi connectivity index (χ3v) is 5.10. The molecule has 2 heterocycles. The Balaban J connectivity index is 1.37. The second kappa shape index (κ2) is 6.99. The normalized spacial score (nSPS) is 11.3. The minimum Gasteiger partial charge on any atom is -0.326 e. The minimum absolute atomic E-state index is 0.663. The van der Waals surface area contributed by atoms with Crippen molar-refractivity contribution < 1.29 is 0 Å². The van der Waals surface area contributed by atoms with E-state index in [1.807, 2.05) is 61.5 Å². The number of rotatable bonds is 4. The monoisotopic (exact) mass is 422 g/mol. The Morgan fingerprint density at radius 2 is 1.31 bits per heavy atom. The van der Waals surface area contributed by atoms with Crippen LogP contribution in [0.4, 0.5) is 23.3 Å². The van der Waals surface area contributed by atoms with Crippen molar-refractivity contribution >= 4 is 68.5 Å². The average Bonchev–Trinajstić information content (AvgIpc) is 3.25. The van der Waals surface area contributed by atoms with E-state index in [0.29, 0.717) is 21.9 Å². The Morgan fingerprint density at radius 3 is 1.90 bits per heavy atom. The summed E-state index contributed by atoms with van der Waals surface area (Å²) >= 11 is 12.1. The van der Waals surface area contributed by atoms with Gasteiger partial charge in [-0.15, -0.1) is 0 Å². The molecule has 0 aliphatic carbocycles. The molecule has 0 aliphatic heterocycles. The van der Waals surface area contributed by atoms with E-state index in [0.717, 1.165) is 39.0 Å². The number of nitrogens with one attached hydrogen (secondary N) is 4. The number of hydrogen-bond acceptors (Lipinski definition) is 4. The molecule has 0 bridgehead atoms. The average molecular weight is 423 g/mol. The van der Waals surface area contributed by atoms with Gasteiger partial charge in [0, 0.05) is 21.4 Å². The Morgan fingerprint density at radius 1 is 0.724 bits per heavy atom. The lowest BCUT2D eigenvalue weighted by atomic mass is 10.2. The molecule has 0 fully saturated rings. The number of aromatic amines is 2. The highest BCUT2D eigenvalue weighted by Crippen LogP contribution is 2.27. The summed E-state index contributed by atoms with van der Waals surface area (Å²) in [6.07, 6.45) is 0. The van der Waals surface area contributed by atoms with E-state index in [9.17, 15) is 0 Å². The molecule has 5 rings (SSSR count). The first kappa shape index (κ1) is 17.8. The van der Waals surface area contributed by atoms with Crippen LogP contribution in [0.1, 0.15) is 5.56 Å². The van der Waals surface area contributed by atoms with E-state index in [4.69, 9.17) is 23.2 Å². The Bertz CT molecular complexity index is 1350. The maximum atomic E-state index is 6.04. The molecule has 3 aromatic carbocycles. The predicted octanol–water partition coefficient (Wildman–Crippen LogP) is 6.54. The van der Waals surface area contributed by atoms with Gasteiger partial charge in [-0.2, -0.15) is 0 Å². The van der Waals surface area contributed by atoms with Gasteiger partial charge < -0.3 is 20.6 Å². The van der Waals surface area contributed by atoms with Crippen LogP contribution in [0.3, 0.4) is 0 Å². The van der Waals surface area contributed by atoms with E-state index in [2.05, 4.69) is 30.6 Å². The Kier molecular flexibility index (Phi) is 4.30. The fourth-order valence-electron chi connectivity index (χ4n) is 3.23. The lowest BCUT2D eigenvalue weighted by molar-refractivity contribution is 1.28. The molecule has 0 radical (unpaired) electrons. The topological polar surface area (TPSA) is 81.4 Å². The zero-order valence-electron chi connectivity index (χ0n) is 15.3. The molecule has 0 saturated heterocycles. The molecule has 2 aromatic heterocycles. The molecule has 29 heavy (non-hydrogen) atoms. The number of imidazole rings is 2. The van der Waals surface area contributed by atoms with E-state index in [1.54, 1.807) is 0 Å². The van der Waals surface area contributed by atoms with Gasteiger partial charge in [-0.25, -0.2) is 9.97 Å².